The Hall–Kier alpha value is -2.42. The van der Waals surface area contributed by atoms with Gasteiger partial charge in [0.05, 0.1) is 0 Å². The Morgan fingerprint density at radius 3 is 2.75 bits per heavy atom. The Kier molecular flexibility index (Phi) is 4.66. The third kappa shape index (κ3) is 3.79. The first-order chi connectivity index (χ1) is 9.69. The van der Waals surface area contributed by atoms with E-state index in [2.05, 4.69) is 0 Å². The molecule has 102 valence electrons. The number of ketones is 1. The minimum atomic E-state index is -0.289. The molecular formula is C17H15FO2. The second kappa shape index (κ2) is 6.66. The summed E-state index contributed by atoms with van der Waals surface area (Å²) >= 11 is 0. The molecule has 0 saturated heterocycles. The maximum absolute atomic E-state index is 13.0. The molecule has 20 heavy (non-hydrogen) atoms. The van der Waals surface area contributed by atoms with Crippen molar-refractivity contribution in [3.8, 4) is 5.75 Å². The van der Waals surface area contributed by atoms with Crippen molar-refractivity contribution < 1.29 is 13.9 Å². The predicted molar refractivity (Wildman–Crippen MR) is 76.3 cm³/mol. The highest BCUT2D eigenvalue weighted by atomic mass is 19.1. The largest absolute Gasteiger partial charge is 0.489 e. The summed E-state index contributed by atoms with van der Waals surface area (Å²) in [6.45, 7) is 2.06. The van der Waals surface area contributed by atoms with Crippen LogP contribution in [0.15, 0.2) is 60.7 Å². The molecule has 0 aliphatic carbocycles. The van der Waals surface area contributed by atoms with E-state index in [1.54, 1.807) is 49.4 Å². The van der Waals surface area contributed by atoms with Gasteiger partial charge in [-0.1, -0.05) is 30.3 Å². The molecule has 0 bridgehead atoms. The lowest BCUT2D eigenvalue weighted by atomic mass is 10.1. The first-order valence-electron chi connectivity index (χ1n) is 6.33. The summed E-state index contributed by atoms with van der Waals surface area (Å²) in [5.41, 5.74) is 1.31. The third-order valence-corrected chi connectivity index (χ3v) is 2.73. The van der Waals surface area contributed by atoms with Crippen molar-refractivity contribution in [2.45, 2.75) is 13.5 Å². The van der Waals surface area contributed by atoms with Gasteiger partial charge in [-0.3, -0.25) is 4.79 Å². The third-order valence-electron chi connectivity index (χ3n) is 2.73. The fraction of sp³-hybridized carbons (Fsp3) is 0.118. The molecule has 0 saturated carbocycles. The summed E-state index contributed by atoms with van der Waals surface area (Å²) in [6.07, 6.45) is 3.20. The first-order valence-corrected chi connectivity index (χ1v) is 6.33. The van der Waals surface area contributed by atoms with Gasteiger partial charge in [0, 0.05) is 5.56 Å². The van der Waals surface area contributed by atoms with Crippen LogP contribution in [0.3, 0.4) is 0 Å². The summed E-state index contributed by atoms with van der Waals surface area (Å²) in [5.74, 6) is 0.233. The number of carbonyl (C=O) groups is 1. The smallest absolute Gasteiger partial charge is 0.185 e. The summed E-state index contributed by atoms with van der Waals surface area (Å²) in [5, 5.41) is 0. The van der Waals surface area contributed by atoms with Crippen molar-refractivity contribution >= 4 is 5.78 Å². The van der Waals surface area contributed by atoms with Crippen LogP contribution in [0.25, 0.3) is 0 Å². The van der Waals surface area contributed by atoms with Crippen LogP contribution in [0, 0.1) is 5.82 Å². The standard InChI is InChI=1S/C17H15FO2/c1-2-5-17(19)14-7-4-9-16(11-14)20-12-13-6-3-8-15(18)10-13/h2-11H,12H2,1H3/b5-2+. The van der Waals surface area contributed by atoms with Crippen molar-refractivity contribution in [2.24, 2.45) is 0 Å². The molecule has 0 aliphatic heterocycles. The Bertz CT molecular complexity index is 632. The van der Waals surface area contributed by atoms with E-state index in [0.29, 0.717) is 11.3 Å². The van der Waals surface area contributed by atoms with Gasteiger partial charge in [0.25, 0.3) is 0 Å². The van der Waals surface area contributed by atoms with E-state index in [1.807, 2.05) is 0 Å². The Labute approximate surface area is 117 Å². The summed E-state index contributed by atoms with van der Waals surface area (Å²) in [4.78, 5) is 11.7. The van der Waals surface area contributed by atoms with Gasteiger partial charge in [0.1, 0.15) is 18.2 Å². The lowest BCUT2D eigenvalue weighted by Crippen LogP contribution is -1.98. The van der Waals surface area contributed by atoms with Gasteiger partial charge in [0.2, 0.25) is 0 Å². The van der Waals surface area contributed by atoms with Gasteiger partial charge in [-0.05, 0) is 42.8 Å². The molecule has 0 atom stereocenters. The lowest BCUT2D eigenvalue weighted by Gasteiger charge is -2.07. The van der Waals surface area contributed by atoms with E-state index in [0.717, 1.165) is 5.56 Å². The fourth-order valence-electron chi connectivity index (χ4n) is 1.78. The number of rotatable bonds is 5. The SMILES string of the molecule is C/C=C/C(=O)c1cccc(OCc2cccc(F)c2)c1. The van der Waals surface area contributed by atoms with Gasteiger partial charge in [0.15, 0.2) is 5.78 Å². The number of ether oxygens (including phenoxy) is 1. The predicted octanol–water partition coefficient (Wildman–Crippen LogP) is 4.16. The number of hydrogen-bond acceptors (Lipinski definition) is 2. The average Bonchev–Trinajstić information content (AvgIpc) is 2.46. The van der Waals surface area contributed by atoms with Crippen LogP contribution >= 0.6 is 0 Å². The number of carbonyl (C=O) groups excluding carboxylic acids is 1. The molecule has 2 nitrogen and oxygen atoms in total. The van der Waals surface area contributed by atoms with Crippen molar-refractivity contribution in [1.82, 2.24) is 0 Å². The summed E-state index contributed by atoms with van der Waals surface area (Å²) < 4.78 is 18.6. The van der Waals surface area contributed by atoms with E-state index in [4.69, 9.17) is 4.74 Å². The van der Waals surface area contributed by atoms with Gasteiger partial charge >= 0.3 is 0 Å². The van der Waals surface area contributed by atoms with Crippen molar-refractivity contribution in [3.63, 3.8) is 0 Å². The van der Waals surface area contributed by atoms with E-state index in [1.165, 1.54) is 18.2 Å². The van der Waals surface area contributed by atoms with Crippen molar-refractivity contribution in [3.05, 3.63) is 77.6 Å². The van der Waals surface area contributed by atoms with Gasteiger partial charge < -0.3 is 4.74 Å². The molecule has 0 amide bonds. The average molecular weight is 270 g/mol. The first kappa shape index (κ1) is 14.0. The zero-order chi connectivity index (χ0) is 14.4. The number of halogens is 1. The zero-order valence-corrected chi connectivity index (χ0v) is 11.2. The molecule has 3 heteroatoms. The zero-order valence-electron chi connectivity index (χ0n) is 11.2. The van der Waals surface area contributed by atoms with E-state index >= 15 is 0 Å². The van der Waals surface area contributed by atoms with Crippen molar-refractivity contribution in [1.29, 1.82) is 0 Å². The number of benzene rings is 2. The number of allylic oxidation sites excluding steroid dienone is 2. The Morgan fingerprint density at radius 1 is 1.20 bits per heavy atom. The van der Waals surface area contributed by atoms with Crippen LogP contribution in [0.2, 0.25) is 0 Å². The molecule has 2 aromatic rings. The van der Waals surface area contributed by atoms with Gasteiger partial charge in [-0.2, -0.15) is 0 Å². The molecule has 2 rings (SSSR count). The topological polar surface area (TPSA) is 26.3 Å². The molecule has 0 heterocycles. The second-order valence-electron chi connectivity index (χ2n) is 4.31. The summed E-state index contributed by atoms with van der Waals surface area (Å²) in [7, 11) is 0. The molecule has 0 aliphatic rings. The number of hydrogen-bond donors (Lipinski definition) is 0. The molecular weight excluding hydrogens is 255 g/mol. The van der Waals surface area contributed by atoms with Gasteiger partial charge in [-0.15, -0.1) is 0 Å². The van der Waals surface area contributed by atoms with Crippen LogP contribution in [0.5, 0.6) is 5.75 Å². The molecule has 2 aromatic carbocycles. The van der Waals surface area contributed by atoms with Gasteiger partial charge in [-0.25, -0.2) is 4.39 Å². The molecule has 0 spiro atoms. The Balaban J connectivity index is 2.06. The monoisotopic (exact) mass is 270 g/mol. The molecule has 0 aromatic heterocycles. The highest BCUT2D eigenvalue weighted by molar-refractivity contribution is 6.04. The van der Waals surface area contributed by atoms with Crippen LogP contribution in [-0.2, 0) is 6.61 Å². The minimum absolute atomic E-state index is 0.0660. The lowest BCUT2D eigenvalue weighted by molar-refractivity contribution is 0.104. The van der Waals surface area contributed by atoms with Crippen molar-refractivity contribution in [2.75, 3.05) is 0 Å². The second-order valence-corrected chi connectivity index (χ2v) is 4.31. The highest BCUT2D eigenvalue weighted by Crippen LogP contribution is 2.16. The van der Waals surface area contributed by atoms with E-state index < -0.39 is 0 Å². The van der Waals surface area contributed by atoms with E-state index in [-0.39, 0.29) is 18.2 Å². The van der Waals surface area contributed by atoms with Crippen LogP contribution < -0.4 is 4.74 Å². The van der Waals surface area contributed by atoms with Crippen LogP contribution in [0.1, 0.15) is 22.8 Å². The fourth-order valence-corrected chi connectivity index (χ4v) is 1.78. The quantitative estimate of drug-likeness (QED) is 0.602. The normalized spacial score (nSPS) is 10.7. The Morgan fingerprint density at radius 2 is 2.00 bits per heavy atom. The van der Waals surface area contributed by atoms with Crippen LogP contribution in [-0.4, -0.2) is 5.78 Å². The molecule has 0 unspecified atom stereocenters. The summed E-state index contributed by atoms with van der Waals surface area (Å²) in [6, 6.07) is 13.2. The van der Waals surface area contributed by atoms with Crippen LogP contribution in [0.4, 0.5) is 4.39 Å². The highest BCUT2D eigenvalue weighted by Gasteiger charge is 2.03. The maximum atomic E-state index is 13.0. The maximum Gasteiger partial charge on any atom is 0.185 e. The molecule has 0 radical (unpaired) electrons. The molecule has 0 fully saturated rings. The minimum Gasteiger partial charge on any atom is -0.489 e. The van der Waals surface area contributed by atoms with E-state index in [9.17, 15) is 9.18 Å². The molecule has 0 N–H and O–H groups in total.